The highest BCUT2D eigenvalue weighted by atomic mass is 32.2. The second kappa shape index (κ2) is 5.32. The molecule has 2 N–H and O–H groups in total. The molecule has 1 aromatic rings. The first kappa shape index (κ1) is 14.0. The van der Waals surface area contributed by atoms with Crippen molar-refractivity contribution in [3.63, 3.8) is 0 Å². The summed E-state index contributed by atoms with van der Waals surface area (Å²) in [6.07, 6.45) is -4.38. The molecule has 2 amide bonds. The van der Waals surface area contributed by atoms with Gasteiger partial charge in [-0.15, -0.1) is 0 Å². The van der Waals surface area contributed by atoms with Crippen molar-refractivity contribution in [1.82, 2.24) is 4.90 Å². The Hall–Kier alpha value is -1.37. The van der Waals surface area contributed by atoms with Gasteiger partial charge >= 0.3 is 12.2 Å². The van der Waals surface area contributed by atoms with Crippen molar-refractivity contribution < 1.29 is 18.0 Å². The number of urea groups is 1. The van der Waals surface area contributed by atoms with Crippen LogP contribution < -0.4 is 5.73 Å². The van der Waals surface area contributed by atoms with Crippen molar-refractivity contribution in [2.75, 3.05) is 18.8 Å². The molecule has 1 heterocycles. The van der Waals surface area contributed by atoms with Crippen LogP contribution in [0.4, 0.5) is 18.0 Å². The van der Waals surface area contributed by atoms with Crippen LogP contribution in [0.15, 0.2) is 24.3 Å². The third-order valence-electron chi connectivity index (χ3n) is 2.99. The predicted molar refractivity (Wildman–Crippen MR) is 67.8 cm³/mol. The molecule has 1 aliphatic heterocycles. The van der Waals surface area contributed by atoms with E-state index in [9.17, 15) is 18.0 Å². The van der Waals surface area contributed by atoms with Gasteiger partial charge in [0.25, 0.3) is 0 Å². The Balaban J connectivity index is 2.29. The summed E-state index contributed by atoms with van der Waals surface area (Å²) in [4.78, 5) is 12.5. The lowest BCUT2D eigenvalue weighted by molar-refractivity contribution is -0.138. The van der Waals surface area contributed by atoms with E-state index in [4.69, 9.17) is 5.73 Å². The van der Waals surface area contributed by atoms with E-state index in [1.807, 2.05) is 0 Å². The van der Waals surface area contributed by atoms with E-state index in [1.54, 1.807) is 6.07 Å². The van der Waals surface area contributed by atoms with E-state index >= 15 is 0 Å². The Morgan fingerprint density at radius 1 is 1.37 bits per heavy atom. The summed E-state index contributed by atoms with van der Waals surface area (Å²) >= 11 is 1.42. The zero-order valence-electron chi connectivity index (χ0n) is 9.98. The van der Waals surface area contributed by atoms with E-state index in [1.165, 1.54) is 28.8 Å². The van der Waals surface area contributed by atoms with Crippen LogP contribution in [0.3, 0.4) is 0 Å². The smallest absolute Gasteiger partial charge is 0.351 e. The van der Waals surface area contributed by atoms with Gasteiger partial charge in [0.15, 0.2) is 0 Å². The van der Waals surface area contributed by atoms with Crippen LogP contribution in [0.25, 0.3) is 0 Å². The Bertz CT molecular complexity index is 478. The van der Waals surface area contributed by atoms with Gasteiger partial charge in [-0.05, 0) is 11.6 Å². The maximum absolute atomic E-state index is 12.9. The summed E-state index contributed by atoms with van der Waals surface area (Å²) < 4.78 is 38.8. The van der Waals surface area contributed by atoms with Crippen molar-refractivity contribution in [3.8, 4) is 0 Å². The Kier molecular flexibility index (Phi) is 3.93. The molecule has 1 unspecified atom stereocenters. The minimum atomic E-state index is -4.38. The number of amides is 2. The van der Waals surface area contributed by atoms with Crippen LogP contribution in [-0.2, 0) is 6.18 Å². The number of hydrogen-bond acceptors (Lipinski definition) is 2. The molecule has 1 saturated heterocycles. The highest BCUT2D eigenvalue weighted by molar-refractivity contribution is 7.99. The molecular weight excluding hydrogens is 277 g/mol. The van der Waals surface area contributed by atoms with Gasteiger partial charge in [-0.25, -0.2) is 4.79 Å². The van der Waals surface area contributed by atoms with E-state index in [-0.39, 0.29) is 17.4 Å². The maximum atomic E-state index is 12.9. The van der Waals surface area contributed by atoms with Crippen molar-refractivity contribution in [2.24, 2.45) is 5.73 Å². The molecule has 0 aliphatic carbocycles. The number of carbonyl (C=O) groups is 1. The molecule has 104 valence electrons. The lowest BCUT2D eigenvalue weighted by Crippen LogP contribution is -2.42. The zero-order chi connectivity index (χ0) is 14.0. The van der Waals surface area contributed by atoms with Crippen LogP contribution >= 0.6 is 11.8 Å². The number of rotatable bonds is 1. The van der Waals surface area contributed by atoms with Crippen LogP contribution in [0.2, 0.25) is 0 Å². The molecule has 0 spiro atoms. The first-order valence-corrected chi connectivity index (χ1v) is 6.76. The molecule has 1 fully saturated rings. The summed E-state index contributed by atoms with van der Waals surface area (Å²) in [5.41, 5.74) is 4.76. The summed E-state index contributed by atoms with van der Waals surface area (Å²) in [7, 11) is 0. The second-order valence-electron chi connectivity index (χ2n) is 4.23. The number of alkyl halides is 3. The molecule has 0 radical (unpaired) electrons. The van der Waals surface area contributed by atoms with Crippen molar-refractivity contribution in [3.05, 3.63) is 35.4 Å². The fourth-order valence-corrected chi connectivity index (χ4v) is 3.35. The summed E-state index contributed by atoms with van der Waals surface area (Å²) in [5.74, 6) is 0.583. The van der Waals surface area contributed by atoms with Gasteiger partial charge in [-0.2, -0.15) is 24.9 Å². The number of nitrogens with two attached hydrogens (primary N) is 1. The molecule has 19 heavy (non-hydrogen) atoms. The molecule has 2 rings (SSSR count). The molecule has 0 aromatic heterocycles. The normalized spacial score (nSPS) is 20.4. The minimum Gasteiger partial charge on any atom is -0.351 e. The van der Waals surface area contributed by atoms with Crippen LogP contribution in [0, 0.1) is 0 Å². The summed E-state index contributed by atoms with van der Waals surface area (Å²) in [6.45, 7) is 0.692. The van der Waals surface area contributed by atoms with Gasteiger partial charge in [-0.1, -0.05) is 18.2 Å². The fourth-order valence-electron chi connectivity index (χ4n) is 2.07. The average molecular weight is 290 g/mol. The number of halogens is 3. The van der Waals surface area contributed by atoms with Crippen molar-refractivity contribution >= 4 is 17.8 Å². The first-order chi connectivity index (χ1) is 8.89. The van der Waals surface area contributed by atoms with E-state index in [0.29, 0.717) is 12.3 Å². The molecule has 1 aliphatic rings. The summed E-state index contributed by atoms with van der Waals surface area (Å²) in [5, 5.41) is -0.390. The number of primary amides is 1. The SMILES string of the molecule is NC(=O)N1CCSC(c2ccccc2C(F)(F)F)C1. The maximum Gasteiger partial charge on any atom is 0.416 e. The fraction of sp³-hybridized carbons (Fsp3) is 0.417. The van der Waals surface area contributed by atoms with Gasteiger partial charge in [-0.3, -0.25) is 0 Å². The molecule has 1 aromatic carbocycles. The lowest BCUT2D eigenvalue weighted by Gasteiger charge is -2.32. The van der Waals surface area contributed by atoms with E-state index in [0.717, 1.165) is 6.07 Å². The zero-order valence-corrected chi connectivity index (χ0v) is 10.8. The molecular formula is C12H13F3N2OS. The molecule has 0 bridgehead atoms. The summed E-state index contributed by atoms with van der Waals surface area (Å²) in [6, 6.07) is 4.89. The molecule has 3 nitrogen and oxygen atoms in total. The van der Waals surface area contributed by atoms with Crippen LogP contribution in [0.1, 0.15) is 16.4 Å². The third-order valence-corrected chi connectivity index (χ3v) is 4.21. The van der Waals surface area contributed by atoms with Gasteiger partial charge in [0.1, 0.15) is 0 Å². The van der Waals surface area contributed by atoms with E-state index in [2.05, 4.69) is 0 Å². The van der Waals surface area contributed by atoms with Crippen molar-refractivity contribution in [2.45, 2.75) is 11.4 Å². The number of thioether (sulfide) groups is 1. The number of nitrogens with zero attached hydrogens (tertiary/aromatic N) is 1. The van der Waals surface area contributed by atoms with Gasteiger partial charge in [0, 0.05) is 24.1 Å². The number of hydrogen-bond donors (Lipinski definition) is 1. The first-order valence-electron chi connectivity index (χ1n) is 5.71. The predicted octanol–water partition coefficient (Wildman–Crippen LogP) is 2.87. The lowest BCUT2D eigenvalue weighted by atomic mass is 10.0. The topological polar surface area (TPSA) is 46.3 Å². The highest BCUT2D eigenvalue weighted by Crippen LogP contribution is 2.40. The Morgan fingerprint density at radius 3 is 2.68 bits per heavy atom. The van der Waals surface area contributed by atoms with Gasteiger partial charge < -0.3 is 10.6 Å². The quantitative estimate of drug-likeness (QED) is 0.864. The Morgan fingerprint density at radius 2 is 2.05 bits per heavy atom. The van der Waals surface area contributed by atoms with Crippen molar-refractivity contribution in [1.29, 1.82) is 0 Å². The monoisotopic (exact) mass is 290 g/mol. The minimum absolute atomic E-state index is 0.214. The third kappa shape index (κ3) is 3.15. The van der Waals surface area contributed by atoms with Crippen LogP contribution in [0.5, 0.6) is 0 Å². The van der Waals surface area contributed by atoms with Gasteiger partial charge in [0.05, 0.1) is 5.56 Å². The molecule has 1 atom stereocenters. The number of benzene rings is 1. The largest absolute Gasteiger partial charge is 0.416 e. The highest BCUT2D eigenvalue weighted by Gasteiger charge is 2.36. The second-order valence-corrected chi connectivity index (χ2v) is 5.54. The number of carbonyl (C=O) groups excluding carboxylic acids is 1. The van der Waals surface area contributed by atoms with Crippen LogP contribution in [-0.4, -0.2) is 29.8 Å². The van der Waals surface area contributed by atoms with E-state index < -0.39 is 17.8 Å². The Labute approximate surface area is 112 Å². The molecule has 0 saturated carbocycles. The average Bonchev–Trinajstić information content (AvgIpc) is 2.38. The standard InChI is InChI=1S/C12H13F3N2OS/c13-12(14,15)9-4-2-1-3-8(9)10-7-17(11(16)18)5-6-19-10/h1-4,10H,5-7H2,(H2,16,18). The van der Waals surface area contributed by atoms with Gasteiger partial charge in [0.2, 0.25) is 0 Å². The molecule has 7 heteroatoms.